The second-order valence-corrected chi connectivity index (χ2v) is 4.65. The predicted octanol–water partition coefficient (Wildman–Crippen LogP) is 1.68. The lowest BCUT2D eigenvalue weighted by molar-refractivity contribution is -0.384. The highest BCUT2D eigenvalue weighted by Crippen LogP contribution is 2.31. The number of hydrogen-bond donors (Lipinski definition) is 2. The molecule has 0 saturated carbocycles. The van der Waals surface area contributed by atoms with E-state index in [2.05, 4.69) is 15.9 Å². The molecule has 1 aromatic rings. The monoisotopic (exact) mass is 317 g/mol. The molecule has 0 heterocycles. The summed E-state index contributed by atoms with van der Waals surface area (Å²) in [6, 6.07) is 2.84. The van der Waals surface area contributed by atoms with Crippen LogP contribution in [-0.2, 0) is 0 Å². The number of nitrogens with two attached hydrogens (primary N) is 1. The van der Waals surface area contributed by atoms with Crippen LogP contribution in [0.5, 0.6) is 0 Å². The number of nitrogen functional groups attached to an aromatic ring is 1. The van der Waals surface area contributed by atoms with E-state index >= 15 is 0 Å². The van der Waals surface area contributed by atoms with Crippen LogP contribution in [0, 0.1) is 17.0 Å². The van der Waals surface area contributed by atoms with Crippen LogP contribution in [-0.4, -0.2) is 35.1 Å². The van der Waals surface area contributed by atoms with E-state index in [0.717, 1.165) is 16.6 Å². The van der Waals surface area contributed by atoms with Crippen LogP contribution in [0.4, 0.5) is 17.1 Å². The highest BCUT2D eigenvalue weighted by atomic mass is 79.9. The Labute approximate surface area is 114 Å². The van der Waals surface area contributed by atoms with Gasteiger partial charge in [0.2, 0.25) is 0 Å². The molecular weight excluding hydrogens is 302 g/mol. The fourth-order valence-electron chi connectivity index (χ4n) is 1.88. The number of nitro benzene ring substituents is 1. The van der Waals surface area contributed by atoms with Gasteiger partial charge in [-0.05, 0) is 12.5 Å². The van der Waals surface area contributed by atoms with Crippen molar-refractivity contribution in [3.63, 3.8) is 0 Å². The lowest BCUT2D eigenvalue weighted by atomic mass is 10.1. The molecule has 7 heteroatoms. The normalized spacial score (nSPS) is 10.4. The summed E-state index contributed by atoms with van der Waals surface area (Å²) in [5, 5.41) is 20.5. The second kappa shape index (κ2) is 6.55. The number of non-ortho nitro benzene ring substituents is 1. The Morgan fingerprint density at radius 1 is 1.50 bits per heavy atom. The Balaban J connectivity index is 3.18. The summed E-state index contributed by atoms with van der Waals surface area (Å²) in [6.45, 7) is 2.89. The largest absolute Gasteiger partial charge is 0.397 e. The zero-order valence-corrected chi connectivity index (χ0v) is 11.7. The summed E-state index contributed by atoms with van der Waals surface area (Å²) in [6.07, 6.45) is 0. The highest BCUT2D eigenvalue weighted by molar-refractivity contribution is 9.09. The number of aryl methyl sites for hydroxylation is 1. The lowest BCUT2D eigenvalue weighted by Crippen LogP contribution is -2.30. The van der Waals surface area contributed by atoms with Crippen molar-refractivity contribution < 1.29 is 10.0 Å². The molecule has 0 amide bonds. The zero-order valence-electron chi connectivity index (χ0n) is 10.1. The van der Waals surface area contributed by atoms with E-state index < -0.39 is 4.92 Å². The molecule has 0 bridgehead atoms. The van der Waals surface area contributed by atoms with Gasteiger partial charge in [-0.3, -0.25) is 10.1 Å². The van der Waals surface area contributed by atoms with Gasteiger partial charge in [-0.1, -0.05) is 15.9 Å². The molecule has 1 rings (SSSR count). The first-order valence-corrected chi connectivity index (χ1v) is 6.59. The van der Waals surface area contributed by atoms with Crippen LogP contribution in [0.1, 0.15) is 5.56 Å². The van der Waals surface area contributed by atoms with Gasteiger partial charge in [0.05, 0.1) is 22.9 Å². The Hall–Kier alpha value is -1.34. The third-order valence-corrected chi connectivity index (χ3v) is 2.92. The summed E-state index contributed by atoms with van der Waals surface area (Å²) >= 11 is 3.33. The first kappa shape index (κ1) is 14.7. The number of benzene rings is 1. The Kier molecular flexibility index (Phi) is 5.36. The molecule has 18 heavy (non-hydrogen) atoms. The van der Waals surface area contributed by atoms with E-state index in [1.807, 2.05) is 4.90 Å². The molecule has 0 aliphatic carbocycles. The predicted molar refractivity (Wildman–Crippen MR) is 75.3 cm³/mol. The van der Waals surface area contributed by atoms with Gasteiger partial charge in [-0.25, -0.2) is 0 Å². The molecule has 6 nitrogen and oxygen atoms in total. The van der Waals surface area contributed by atoms with Crippen LogP contribution in [0.2, 0.25) is 0 Å². The number of aliphatic hydroxyl groups is 1. The van der Waals surface area contributed by atoms with Crippen molar-refractivity contribution in [1.82, 2.24) is 0 Å². The maximum Gasteiger partial charge on any atom is 0.271 e. The minimum atomic E-state index is -0.464. The van der Waals surface area contributed by atoms with Gasteiger partial charge in [0.15, 0.2) is 0 Å². The molecule has 1 aromatic carbocycles. The molecule has 0 radical (unpaired) electrons. The topological polar surface area (TPSA) is 92.6 Å². The molecule has 3 N–H and O–H groups in total. The summed E-state index contributed by atoms with van der Waals surface area (Å²) in [4.78, 5) is 12.2. The Morgan fingerprint density at radius 3 is 2.61 bits per heavy atom. The number of halogens is 1. The van der Waals surface area contributed by atoms with Gasteiger partial charge in [-0.2, -0.15) is 0 Å². The van der Waals surface area contributed by atoms with Crippen LogP contribution in [0.15, 0.2) is 12.1 Å². The number of aliphatic hydroxyl groups excluding tert-OH is 1. The number of nitrogens with zero attached hydrogens (tertiary/aromatic N) is 2. The van der Waals surface area contributed by atoms with Crippen LogP contribution in [0.25, 0.3) is 0 Å². The third kappa shape index (κ3) is 3.33. The summed E-state index contributed by atoms with van der Waals surface area (Å²) in [5.41, 5.74) is 7.70. The maximum absolute atomic E-state index is 10.7. The first-order chi connectivity index (χ1) is 8.51. The lowest BCUT2D eigenvalue weighted by Gasteiger charge is -2.26. The maximum atomic E-state index is 10.7. The number of rotatable bonds is 6. The molecule has 0 atom stereocenters. The highest BCUT2D eigenvalue weighted by Gasteiger charge is 2.17. The SMILES string of the molecule is Cc1cc([N+](=O)[O-])cc(N)c1N(CCO)CCBr. The molecule has 0 saturated heterocycles. The molecule has 0 unspecified atom stereocenters. The first-order valence-electron chi connectivity index (χ1n) is 5.47. The van der Waals surface area contributed by atoms with Gasteiger partial charge >= 0.3 is 0 Å². The van der Waals surface area contributed by atoms with E-state index in [4.69, 9.17) is 10.8 Å². The van der Waals surface area contributed by atoms with Gasteiger partial charge in [0, 0.05) is 30.6 Å². The van der Waals surface area contributed by atoms with E-state index in [1.165, 1.54) is 12.1 Å². The fourth-order valence-corrected chi connectivity index (χ4v) is 2.31. The fraction of sp³-hybridized carbons (Fsp3) is 0.455. The molecule has 100 valence electrons. The van der Waals surface area contributed by atoms with Crippen molar-refractivity contribution in [2.45, 2.75) is 6.92 Å². The average molecular weight is 318 g/mol. The van der Waals surface area contributed by atoms with Crippen molar-refractivity contribution in [3.05, 3.63) is 27.8 Å². The average Bonchev–Trinajstić information content (AvgIpc) is 2.28. The molecule has 0 aromatic heterocycles. The third-order valence-electron chi connectivity index (χ3n) is 2.57. The molecular formula is C11H16BrN3O3. The van der Waals surface area contributed by atoms with Crippen molar-refractivity contribution >= 4 is 33.0 Å². The minimum Gasteiger partial charge on any atom is -0.397 e. The summed E-state index contributed by atoms with van der Waals surface area (Å²) in [7, 11) is 0. The van der Waals surface area contributed by atoms with E-state index in [0.29, 0.717) is 18.8 Å². The number of anilines is 2. The van der Waals surface area contributed by atoms with Crippen LogP contribution >= 0.6 is 15.9 Å². The minimum absolute atomic E-state index is 0.00284. The summed E-state index contributed by atoms with van der Waals surface area (Å²) < 4.78 is 0. The Bertz CT molecular complexity index is 411. The molecule has 0 fully saturated rings. The number of alkyl halides is 1. The van der Waals surface area contributed by atoms with E-state index in [9.17, 15) is 10.1 Å². The molecule has 0 aliphatic rings. The van der Waals surface area contributed by atoms with Crippen molar-refractivity contribution in [1.29, 1.82) is 0 Å². The van der Waals surface area contributed by atoms with Crippen LogP contribution in [0.3, 0.4) is 0 Å². The van der Waals surface area contributed by atoms with Gasteiger partial charge in [0.1, 0.15) is 0 Å². The summed E-state index contributed by atoms with van der Waals surface area (Å²) in [5.74, 6) is 0. The van der Waals surface area contributed by atoms with Gasteiger partial charge in [0.25, 0.3) is 5.69 Å². The quantitative estimate of drug-likeness (QED) is 0.360. The smallest absolute Gasteiger partial charge is 0.271 e. The zero-order chi connectivity index (χ0) is 13.7. The van der Waals surface area contributed by atoms with Gasteiger partial charge < -0.3 is 15.7 Å². The van der Waals surface area contributed by atoms with Crippen molar-refractivity contribution in [2.24, 2.45) is 0 Å². The van der Waals surface area contributed by atoms with Crippen molar-refractivity contribution in [3.8, 4) is 0 Å². The van der Waals surface area contributed by atoms with E-state index in [-0.39, 0.29) is 12.3 Å². The standard InChI is InChI=1S/C11H16BrN3O3/c1-8-6-9(15(17)18)7-10(13)11(8)14(3-2-12)4-5-16/h6-7,16H,2-5,13H2,1H3. The van der Waals surface area contributed by atoms with Crippen molar-refractivity contribution in [2.75, 3.05) is 35.7 Å². The van der Waals surface area contributed by atoms with E-state index in [1.54, 1.807) is 6.92 Å². The molecule has 0 aliphatic heterocycles. The number of nitro groups is 1. The van der Waals surface area contributed by atoms with Gasteiger partial charge in [-0.15, -0.1) is 0 Å². The second-order valence-electron chi connectivity index (χ2n) is 3.86. The Morgan fingerprint density at radius 2 is 2.17 bits per heavy atom. The van der Waals surface area contributed by atoms with Crippen LogP contribution < -0.4 is 10.6 Å². The number of hydrogen-bond acceptors (Lipinski definition) is 5. The molecule has 0 spiro atoms.